The van der Waals surface area contributed by atoms with Gasteiger partial charge in [-0.15, -0.1) is 0 Å². The van der Waals surface area contributed by atoms with Crippen molar-refractivity contribution in [1.29, 1.82) is 0 Å². The topological polar surface area (TPSA) is 84.3 Å². The van der Waals surface area contributed by atoms with Crippen LogP contribution >= 0.6 is 0 Å². The number of carbonyl (C=O) groups excluding carboxylic acids is 1. The largest absolute Gasteiger partial charge is 0.348 e. The van der Waals surface area contributed by atoms with Crippen LogP contribution in [0.4, 0.5) is 5.69 Å². The van der Waals surface area contributed by atoms with Crippen molar-refractivity contribution in [3.63, 3.8) is 0 Å². The van der Waals surface area contributed by atoms with Gasteiger partial charge in [0.2, 0.25) is 5.91 Å². The molecular weight excluding hydrogens is 246 g/mol. The number of amides is 1. The molecule has 6 heteroatoms. The van der Waals surface area contributed by atoms with Crippen molar-refractivity contribution in [3.05, 3.63) is 46.0 Å². The zero-order valence-corrected chi connectivity index (χ0v) is 10.3. The smallest absolute Gasteiger partial charge is 0.276 e. The van der Waals surface area contributed by atoms with Gasteiger partial charge in [0.25, 0.3) is 5.69 Å². The van der Waals surface area contributed by atoms with Crippen molar-refractivity contribution < 1.29 is 9.72 Å². The lowest BCUT2D eigenvalue weighted by Crippen LogP contribution is -2.34. The van der Waals surface area contributed by atoms with E-state index in [0.717, 1.165) is 19.5 Å². The van der Waals surface area contributed by atoms with E-state index in [1.54, 1.807) is 18.2 Å². The molecule has 6 nitrogen and oxygen atoms in total. The predicted octanol–water partition coefficient (Wildman–Crippen LogP) is 1.09. The minimum atomic E-state index is -0.460. The Balaban J connectivity index is 2.01. The quantitative estimate of drug-likeness (QED) is 0.482. The normalized spacial score (nSPS) is 18.6. The number of nitro benzene ring substituents is 1. The minimum Gasteiger partial charge on any atom is -0.348 e. The Bertz CT molecular complexity index is 508. The highest BCUT2D eigenvalue weighted by molar-refractivity contribution is 5.92. The second-order valence-corrected chi connectivity index (χ2v) is 4.35. The zero-order chi connectivity index (χ0) is 13.7. The summed E-state index contributed by atoms with van der Waals surface area (Å²) in [4.78, 5) is 22.0. The molecule has 2 rings (SSSR count). The van der Waals surface area contributed by atoms with E-state index in [4.69, 9.17) is 0 Å². The van der Waals surface area contributed by atoms with E-state index in [1.807, 2.05) is 0 Å². The predicted molar refractivity (Wildman–Crippen MR) is 71.5 cm³/mol. The molecule has 0 aliphatic carbocycles. The molecule has 1 aromatic rings. The Kier molecular flexibility index (Phi) is 4.25. The fourth-order valence-electron chi connectivity index (χ4n) is 1.99. The molecule has 0 spiro atoms. The van der Waals surface area contributed by atoms with Crippen molar-refractivity contribution >= 4 is 17.7 Å². The molecule has 1 heterocycles. The van der Waals surface area contributed by atoms with Crippen LogP contribution in [-0.4, -0.2) is 30.0 Å². The lowest BCUT2D eigenvalue weighted by Gasteiger charge is -2.08. The fraction of sp³-hybridized carbons (Fsp3) is 0.308. The van der Waals surface area contributed by atoms with Crippen LogP contribution in [0.15, 0.2) is 30.3 Å². The van der Waals surface area contributed by atoms with E-state index in [-0.39, 0.29) is 17.6 Å². The van der Waals surface area contributed by atoms with Crippen LogP contribution < -0.4 is 10.6 Å². The maximum atomic E-state index is 11.7. The Morgan fingerprint density at radius 1 is 1.47 bits per heavy atom. The molecule has 0 saturated carbocycles. The van der Waals surface area contributed by atoms with Gasteiger partial charge in [0.15, 0.2) is 0 Å². The van der Waals surface area contributed by atoms with Crippen LogP contribution in [-0.2, 0) is 4.79 Å². The van der Waals surface area contributed by atoms with Gasteiger partial charge in [0.1, 0.15) is 0 Å². The van der Waals surface area contributed by atoms with Gasteiger partial charge in [-0.2, -0.15) is 0 Å². The highest BCUT2D eigenvalue weighted by atomic mass is 16.6. The van der Waals surface area contributed by atoms with Gasteiger partial charge in [0.05, 0.1) is 10.5 Å². The first kappa shape index (κ1) is 13.2. The van der Waals surface area contributed by atoms with Crippen molar-refractivity contribution in [2.45, 2.75) is 12.5 Å². The summed E-state index contributed by atoms with van der Waals surface area (Å²) in [5.74, 6) is -0.230. The minimum absolute atomic E-state index is 0.00548. The number of nitrogens with zero attached hydrogens (tertiary/aromatic N) is 1. The van der Waals surface area contributed by atoms with Gasteiger partial charge in [-0.1, -0.05) is 12.1 Å². The molecule has 19 heavy (non-hydrogen) atoms. The van der Waals surface area contributed by atoms with Crippen molar-refractivity contribution in [2.24, 2.45) is 0 Å². The molecule has 0 radical (unpaired) electrons. The van der Waals surface area contributed by atoms with Crippen LogP contribution in [0.3, 0.4) is 0 Å². The highest BCUT2D eigenvalue weighted by Crippen LogP contribution is 2.18. The van der Waals surface area contributed by atoms with Crippen LogP contribution in [0.2, 0.25) is 0 Å². The number of hydrogen-bond donors (Lipinski definition) is 2. The lowest BCUT2D eigenvalue weighted by molar-refractivity contribution is -0.385. The van der Waals surface area contributed by atoms with Crippen LogP contribution in [0.25, 0.3) is 6.08 Å². The summed E-state index contributed by atoms with van der Waals surface area (Å²) in [5.41, 5.74) is 0.418. The number of rotatable bonds is 4. The third-order valence-corrected chi connectivity index (χ3v) is 2.95. The molecule has 100 valence electrons. The van der Waals surface area contributed by atoms with Crippen LogP contribution in [0.1, 0.15) is 12.0 Å². The summed E-state index contributed by atoms with van der Waals surface area (Å²) >= 11 is 0. The average Bonchev–Trinajstić information content (AvgIpc) is 2.89. The van der Waals surface area contributed by atoms with Gasteiger partial charge in [-0.05, 0) is 25.1 Å². The Hall–Kier alpha value is -2.21. The molecule has 0 aromatic heterocycles. The molecule has 1 aliphatic heterocycles. The maximum Gasteiger partial charge on any atom is 0.276 e. The van der Waals surface area contributed by atoms with E-state index in [0.29, 0.717) is 5.56 Å². The summed E-state index contributed by atoms with van der Waals surface area (Å²) in [7, 11) is 0. The molecule has 1 aromatic carbocycles. The maximum absolute atomic E-state index is 11.7. The second kappa shape index (κ2) is 6.10. The van der Waals surface area contributed by atoms with E-state index < -0.39 is 4.92 Å². The fourth-order valence-corrected chi connectivity index (χ4v) is 1.99. The van der Waals surface area contributed by atoms with Crippen molar-refractivity contribution in [1.82, 2.24) is 10.6 Å². The van der Waals surface area contributed by atoms with Gasteiger partial charge in [-0.3, -0.25) is 14.9 Å². The molecular formula is C13H15N3O3. The highest BCUT2D eigenvalue weighted by Gasteiger charge is 2.15. The summed E-state index contributed by atoms with van der Waals surface area (Å²) < 4.78 is 0. The average molecular weight is 261 g/mol. The number of hydrogen-bond acceptors (Lipinski definition) is 4. The van der Waals surface area contributed by atoms with Crippen molar-refractivity contribution in [2.75, 3.05) is 13.1 Å². The summed E-state index contributed by atoms with van der Waals surface area (Å²) in [6, 6.07) is 6.46. The summed E-state index contributed by atoms with van der Waals surface area (Å²) in [6.45, 7) is 1.67. The zero-order valence-electron chi connectivity index (χ0n) is 10.3. The monoisotopic (exact) mass is 261 g/mol. The van der Waals surface area contributed by atoms with Gasteiger partial charge in [0, 0.05) is 24.7 Å². The molecule has 1 fully saturated rings. The Labute approximate surface area is 110 Å². The van der Waals surface area contributed by atoms with Crippen LogP contribution in [0, 0.1) is 10.1 Å². The van der Waals surface area contributed by atoms with Gasteiger partial charge >= 0.3 is 0 Å². The SMILES string of the molecule is O=C(C=Cc1ccccc1[N+](=O)[O-])N[C@H]1CCNC1. The number of benzene rings is 1. The summed E-state index contributed by atoms with van der Waals surface area (Å²) in [5, 5.41) is 16.8. The molecule has 1 saturated heterocycles. The number of para-hydroxylation sites is 1. The van der Waals surface area contributed by atoms with Crippen molar-refractivity contribution in [3.8, 4) is 0 Å². The van der Waals surface area contributed by atoms with Gasteiger partial charge < -0.3 is 10.6 Å². The number of nitro groups is 1. The van der Waals surface area contributed by atoms with E-state index in [9.17, 15) is 14.9 Å². The second-order valence-electron chi connectivity index (χ2n) is 4.35. The molecule has 1 atom stereocenters. The Morgan fingerprint density at radius 2 is 2.26 bits per heavy atom. The number of nitrogens with one attached hydrogen (secondary N) is 2. The standard InChI is InChI=1S/C13H15N3O3/c17-13(15-11-7-8-14-9-11)6-5-10-3-1-2-4-12(10)16(18)19/h1-6,11,14H,7-9H2,(H,15,17)/t11-/m0/s1. The third-order valence-electron chi connectivity index (χ3n) is 2.95. The molecule has 2 N–H and O–H groups in total. The number of carbonyl (C=O) groups is 1. The van der Waals surface area contributed by atoms with Crippen LogP contribution in [0.5, 0.6) is 0 Å². The molecule has 1 aliphatic rings. The first-order chi connectivity index (χ1) is 9.16. The lowest BCUT2D eigenvalue weighted by atomic mass is 10.1. The molecule has 0 unspecified atom stereocenters. The summed E-state index contributed by atoms with van der Waals surface area (Å²) in [6.07, 6.45) is 3.71. The first-order valence-corrected chi connectivity index (χ1v) is 6.09. The Morgan fingerprint density at radius 3 is 2.95 bits per heavy atom. The van der Waals surface area contributed by atoms with E-state index in [2.05, 4.69) is 10.6 Å². The molecule has 0 bridgehead atoms. The van der Waals surface area contributed by atoms with E-state index >= 15 is 0 Å². The first-order valence-electron chi connectivity index (χ1n) is 6.09. The third kappa shape index (κ3) is 3.62. The molecule has 1 amide bonds. The van der Waals surface area contributed by atoms with Gasteiger partial charge in [-0.25, -0.2) is 0 Å². The van der Waals surface area contributed by atoms with E-state index in [1.165, 1.54) is 18.2 Å².